The summed E-state index contributed by atoms with van der Waals surface area (Å²) >= 11 is 12.0. The van der Waals surface area contributed by atoms with Crippen LogP contribution in [-0.2, 0) is 21.4 Å². The van der Waals surface area contributed by atoms with Gasteiger partial charge in [0.05, 0.1) is 28.1 Å². The molecule has 3 aromatic carbocycles. The second-order valence-electron chi connectivity index (χ2n) is 6.84. The molecule has 0 atom stereocenters. The zero-order valence-corrected chi connectivity index (χ0v) is 19.6. The molecular weight excluding hydrogens is 471 g/mol. The molecule has 0 fully saturated rings. The topological polar surface area (TPSA) is 75.7 Å². The van der Waals surface area contributed by atoms with E-state index in [1.807, 2.05) is 13.0 Å². The number of nitrogens with zero attached hydrogens (tertiary/aromatic N) is 1. The Hall–Kier alpha value is -2.58. The Labute approximate surface area is 197 Å². The van der Waals surface area contributed by atoms with E-state index in [1.165, 1.54) is 18.2 Å². The first kappa shape index (κ1) is 24.1. The molecular formula is C23H22Cl2N2O4S. The van der Waals surface area contributed by atoms with Crippen LogP contribution in [0.5, 0.6) is 5.75 Å². The first-order valence-corrected chi connectivity index (χ1v) is 12.0. The summed E-state index contributed by atoms with van der Waals surface area (Å²) in [5.74, 6) is 0.201. The molecule has 3 rings (SSSR count). The fourth-order valence-corrected chi connectivity index (χ4v) is 4.74. The number of amides is 1. The zero-order chi connectivity index (χ0) is 23.1. The van der Waals surface area contributed by atoms with Gasteiger partial charge in [0.2, 0.25) is 15.9 Å². The molecule has 0 aromatic heterocycles. The molecule has 0 saturated heterocycles. The predicted molar refractivity (Wildman–Crippen MR) is 127 cm³/mol. The van der Waals surface area contributed by atoms with Gasteiger partial charge >= 0.3 is 0 Å². The lowest BCUT2D eigenvalue weighted by molar-refractivity contribution is -0.116. The number of rotatable bonds is 9. The van der Waals surface area contributed by atoms with Crippen molar-refractivity contribution in [3.05, 3.63) is 88.4 Å². The van der Waals surface area contributed by atoms with Gasteiger partial charge in [0.1, 0.15) is 5.75 Å². The van der Waals surface area contributed by atoms with Crippen LogP contribution >= 0.6 is 23.2 Å². The van der Waals surface area contributed by atoms with Gasteiger partial charge in [-0.1, -0.05) is 53.5 Å². The molecule has 0 aliphatic carbocycles. The number of carbonyl (C=O) groups is 1. The molecule has 9 heteroatoms. The summed E-state index contributed by atoms with van der Waals surface area (Å²) in [6.07, 6.45) is 0. The third-order valence-electron chi connectivity index (χ3n) is 4.50. The van der Waals surface area contributed by atoms with Gasteiger partial charge in [-0.2, -0.15) is 4.31 Å². The van der Waals surface area contributed by atoms with E-state index in [-0.39, 0.29) is 28.0 Å². The second kappa shape index (κ2) is 10.8. The average Bonchev–Trinajstić information content (AvgIpc) is 2.77. The molecule has 6 nitrogen and oxygen atoms in total. The largest absolute Gasteiger partial charge is 0.494 e. The van der Waals surface area contributed by atoms with Crippen molar-refractivity contribution < 1.29 is 17.9 Å². The minimum Gasteiger partial charge on any atom is -0.494 e. The van der Waals surface area contributed by atoms with Crippen LogP contribution < -0.4 is 10.1 Å². The molecule has 0 bridgehead atoms. The quantitative estimate of drug-likeness (QED) is 0.444. The number of nitrogens with one attached hydrogen (secondary N) is 1. The monoisotopic (exact) mass is 492 g/mol. The number of hydrogen-bond donors (Lipinski definition) is 1. The van der Waals surface area contributed by atoms with Gasteiger partial charge in [0.25, 0.3) is 0 Å². The summed E-state index contributed by atoms with van der Waals surface area (Å²) in [7, 11) is -4.03. The van der Waals surface area contributed by atoms with Gasteiger partial charge in [0.15, 0.2) is 0 Å². The van der Waals surface area contributed by atoms with Crippen LogP contribution in [0.1, 0.15) is 12.5 Å². The van der Waals surface area contributed by atoms with E-state index in [0.717, 1.165) is 9.87 Å². The Morgan fingerprint density at radius 3 is 2.28 bits per heavy atom. The highest BCUT2D eigenvalue weighted by Gasteiger charge is 2.27. The molecule has 1 N–H and O–H groups in total. The Balaban J connectivity index is 1.83. The highest BCUT2D eigenvalue weighted by molar-refractivity contribution is 7.89. The van der Waals surface area contributed by atoms with E-state index in [4.69, 9.17) is 27.9 Å². The SMILES string of the molecule is CCOc1ccc(NC(=O)CN(Cc2ccccc2)S(=O)(=O)c2ccc(Cl)c(Cl)c2)cc1. The van der Waals surface area contributed by atoms with E-state index < -0.39 is 15.9 Å². The Bertz CT molecular complexity index is 1170. The molecule has 0 aliphatic rings. The maximum Gasteiger partial charge on any atom is 0.243 e. The molecule has 32 heavy (non-hydrogen) atoms. The van der Waals surface area contributed by atoms with Crippen LogP contribution in [0, 0.1) is 0 Å². The molecule has 1 amide bonds. The molecule has 0 unspecified atom stereocenters. The number of anilines is 1. The Kier molecular flexibility index (Phi) is 8.15. The van der Waals surface area contributed by atoms with Crippen LogP contribution in [0.4, 0.5) is 5.69 Å². The number of hydrogen-bond acceptors (Lipinski definition) is 4. The number of carbonyl (C=O) groups excluding carboxylic acids is 1. The third kappa shape index (κ3) is 6.23. The Morgan fingerprint density at radius 2 is 1.66 bits per heavy atom. The van der Waals surface area contributed by atoms with E-state index in [9.17, 15) is 13.2 Å². The van der Waals surface area contributed by atoms with Gasteiger partial charge in [-0.25, -0.2) is 8.42 Å². The first-order chi connectivity index (χ1) is 15.3. The standard InChI is InChI=1S/C23H22Cl2N2O4S/c1-2-31-19-10-8-18(9-11-19)26-23(28)16-27(15-17-6-4-3-5-7-17)32(29,30)20-12-13-21(24)22(25)14-20/h3-14H,2,15-16H2,1H3,(H,26,28). The fraction of sp³-hybridized carbons (Fsp3) is 0.174. The van der Waals surface area contributed by atoms with Gasteiger partial charge in [-0.05, 0) is 55.0 Å². The summed E-state index contributed by atoms with van der Waals surface area (Å²) in [5.41, 5.74) is 1.27. The van der Waals surface area contributed by atoms with Gasteiger partial charge in [-0.3, -0.25) is 4.79 Å². The van der Waals surface area contributed by atoms with Gasteiger partial charge in [0, 0.05) is 12.2 Å². The average molecular weight is 493 g/mol. The van der Waals surface area contributed by atoms with Crippen molar-refractivity contribution in [2.45, 2.75) is 18.4 Å². The lowest BCUT2D eigenvalue weighted by Crippen LogP contribution is -2.37. The van der Waals surface area contributed by atoms with Crippen molar-refractivity contribution in [1.29, 1.82) is 0 Å². The number of benzene rings is 3. The Morgan fingerprint density at radius 1 is 0.969 bits per heavy atom. The number of halogens is 2. The van der Waals surface area contributed by atoms with Crippen LogP contribution in [0.3, 0.4) is 0 Å². The normalized spacial score (nSPS) is 11.4. The minimum atomic E-state index is -4.03. The lowest BCUT2D eigenvalue weighted by atomic mass is 10.2. The second-order valence-corrected chi connectivity index (χ2v) is 9.59. The summed E-state index contributed by atoms with van der Waals surface area (Å²) in [5, 5.41) is 3.08. The highest BCUT2D eigenvalue weighted by Crippen LogP contribution is 2.27. The summed E-state index contributed by atoms with van der Waals surface area (Å²) in [4.78, 5) is 12.7. The summed E-state index contributed by atoms with van der Waals surface area (Å²) in [6, 6.07) is 19.9. The van der Waals surface area contributed by atoms with Crippen molar-refractivity contribution in [2.24, 2.45) is 0 Å². The molecule has 0 spiro atoms. The molecule has 0 radical (unpaired) electrons. The fourth-order valence-electron chi connectivity index (χ4n) is 2.96. The molecule has 0 aliphatic heterocycles. The van der Waals surface area contributed by atoms with E-state index in [0.29, 0.717) is 18.0 Å². The van der Waals surface area contributed by atoms with E-state index in [2.05, 4.69) is 5.32 Å². The molecule has 168 valence electrons. The minimum absolute atomic E-state index is 0.0140. The van der Waals surface area contributed by atoms with Gasteiger partial charge in [-0.15, -0.1) is 0 Å². The van der Waals surface area contributed by atoms with Crippen LogP contribution in [0.2, 0.25) is 10.0 Å². The lowest BCUT2D eigenvalue weighted by Gasteiger charge is -2.22. The maximum absolute atomic E-state index is 13.3. The van der Waals surface area contributed by atoms with Crippen molar-refractivity contribution in [2.75, 3.05) is 18.5 Å². The predicted octanol–water partition coefficient (Wildman–Crippen LogP) is 5.22. The summed E-state index contributed by atoms with van der Waals surface area (Å²) in [6.45, 7) is 2.04. The van der Waals surface area contributed by atoms with E-state index >= 15 is 0 Å². The van der Waals surface area contributed by atoms with Gasteiger partial charge < -0.3 is 10.1 Å². The maximum atomic E-state index is 13.3. The van der Waals surface area contributed by atoms with Crippen LogP contribution in [0.15, 0.2) is 77.7 Å². The zero-order valence-electron chi connectivity index (χ0n) is 17.3. The van der Waals surface area contributed by atoms with Crippen LogP contribution in [-0.4, -0.2) is 31.8 Å². The van der Waals surface area contributed by atoms with Crippen molar-refractivity contribution >= 4 is 44.8 Å². The van der Waals surface area contributed by atoms with E-state index in [1.54, 1.807) is 48.5 Å². The first-order valence-electron chi connectivity index (χ1n) is 9.81. The number of sulfonamides is 1. The molecule has 3 aromatic rings. The smallest absolute Gasteiger partial charge is 0.243 e. The number of ether oxygens (including phenoxy) is 1. The van der Waals surface area contributed by atoms with Crippen molar-refractivity contribution in [1.82, 2.24) is 4.31 Å². The van der Waals surface area contributed by atoms with Crippen molar-refractivity contribution in [3.8, 4) is 5.75 Å². The highest BCUT2D eigenvalue weighted by atomic mass is 35.5. The molecule has 0 saturated carbocycles. The summed E-state index contributed by atoms with van der Waals surface area (Å²) < 4.78 is 33.2. The van der Waals surface area contributed by atoms with Crippen molar-refractivity contribution in [3.63, 3.8) is 0 Å². The molecule has 0 heterocycles. The van der Waals surface area contributed by atoms with Crippen LogP contribution in [0.25, 0.3) is 0 Å². The third-order valence-corrected chi connectivity index (χ3v) is 7.03.